The van der Waals surface area contributed by atoms with E-state index < -0.39 is 17.3 Å². The Morgan fingerprint density at radius 1 is 1.28 bits per heavy atom. The molecule has 0 unspecified atom stereocenters. The summed E-state index contributed by atoms with van der Waals surface area (Å²) < 4.78 is 39.2. The maximum Gasteiger partial charge on any atom is 0.417 e. The van der Waals surface area contributed by atoms with Gasteiger partial charge in [-0.1, -0.05) is 11.6 Å². The summed E-state index contributed by atoms with van der Waals surface area (Å²) in [7, 11) is 0. The monoisotopic (exact) mass is 278 g/mol. The van der Waals surface area contributed by atoms with Gasteiger partial charge in [0.15, 0.2) is 11.5 Å². The van der Waals surface area contributed by atoms with Gasteiger partial charge in [0.1, 0.15) is 0 Å². The molecule has 0 aliphatic carbocycles. The Morgan fingerprint density at radius 2 is 1.89 bits per heavy atom. The minimum atomic E-state index is -4.49. The second-order valence-electron chi connectivity index (χ2n) is 4.51. The summed E-state index contributed by atoms with van der Waals surface area (Å²) in [6.07, 6.45) is -3.59. The van der Waals surface area contributed by atoms with Crippen molar-refractivity contribution in [2.24, 2.45) is 5.73 Å². The maximum absolute atomic E-state index is 12.7. The molecule has 0 saturated heterocycles. The van der Waals surface area contributed by atoms with Crippen LogP contribution in [0, 0.1) is 0 Å². The van der Waals surface area contributed by atoms with Gasteiger partial charge < -0.3 is 5.73 Å². The van der Waals surface area contributed by atoms with Gasteiger partial charge in [0.25, 0.3) is 0 Å². The first-order valence-corrected chi connectivity index (χ1v) is 5.39. The second kappa shape index (κ2) is 3.83. The number of fused-ring (bicyclic) bond motifs is 1. The highest BCUT2D eigenvalue weighted by atomic mass is 35.5. The number of pyridine rings is 1. The Balaban J connectivity index is 2.77. The van der Waals surface area contributed by atoms with Crippen LogP contribution in [0.5, 0.6) is 0 Å². The van der Waals surface area contributed by atoms with Crippen molar-refractivity contribution in [3.05, 3.63) is 28.7 Å². The van der Waals surface area contributed by atoms with Crippen molar-refractivity contribution in [3.8, 4) is 0 Å². The summed E-state index contributed by atoms with van der Waals surface area (Å²) in [5, 5.41) is 7.41. The fourth-order valence-corrected chi connectivity index (χ4v) is 1.79. The zero-order valence-electron chi connectivity index (χ0n) is 9.59. The highest BCUT2D eigenvalue weighted by molar-refractivity contribution is 6.33. The van der Waals surface area contributed by atoms with Crippen molar-refractivity contribution in [1.82, 2.24) is 14.6 Å². The number of nitrogens with zero attached hydrogens (tertiary/aromatic N) is 3. The van der Waals surface area contributed by atoms with Crippen molar-refractivity contribution in [3.63, 3.8) is 0 Å². The summed E-state index contributed by atoms with van der Waals surface area (Å²) in [6, 6.07) is 0.818. The molecule has 2 aromatic heterocycles. The molecule has 0 atom stereocenters. The molecular formula is C10H10ClF3N4. The molecule has 0 bridgehead atoms. The molecule has 0 aliphatic rings. The number of nitrogens with two attached hydrogens (primary N) is 1. The third-order valence-electron chi connectivity index (χ3n) is 2.36. The van der Waals surface area contributed by atoms with Crippen molar-refractivity contribution in [1.29, 1.82) is 0 Å². The Bertz CT molecular complexity index is 597. The number of alkyl halides is 3. The van der Waals surface area contributed by atoms with E-state index in [4.69, 9.17) is 17.3 Å². The van der Waals surface area contributed by atoms with Crippen LogP contribution in [0.4, 0.5) is 13.2 Å². The lowest BCUT2D eigenvalue weighted by atomic mass is 10.1. The average molecular weight is 279 g/mol. The summed E-state index contributed by atoms with van der Waals surface area (Å²) in [4.78, 5) is 0. The Hall–Kier alpha value is -1.34. The van der Waals surface area contributed by atoms with Crippen LogP contribution in [0.3, 0.4) is 0 Å². The SMILES string of the molecule is CC(C)(N)c1nnc2c(Cl)cc(C(F)(F)F)cn12. The fourth-order valence-electron chi connectivity index (χ4n) is 1.55. The highest BCUT2D eigenvalue weighted by Crippen LogP contribution is 2.32. The smallest absolute Gasteiger partial charge is 0.319 e. The van der Waals surface area contributed by atoms with Crippen LogP contribution in [-0.4, -0.2) is 14.6 Å². The van der Waals surface area contributed by atoms with Crippen LogP contribution in [0.2, 0.25) is 5.02 Å². The molecule has 2 heterocycles. The van der Waals surface area contributed by atoms with Crippen LogP contribution < -0.4 is 5.73 Å². The minimum absolute atomic E-state index is 0.118. The van der Waals surface area contributed by atoms with Crippen LogP contribution >= 0.6 is 11.6 Å². The predicted molar refractivity (Wildman–Crippen MR) is 60.2 cm³/mol. The molecule has 2 aromatic rings. The first-order valence-electron chi connectivity index (χ1n) is 5.01. The van der Waals surface area contributed by atoms with Crippen LogP contribution in [0.15, 0.2) is 12.3 Å². The van der Waals surface area contributed by atoms with Gasteiger partial charge in [-0.15, -0.1) is 10.2 Å². The normalized spacial score (nSPS) is 13.3. The molecule has 0 aliphatic heterocycles. The standard InChI is InChI=1S/C10H10ClF3N4/c1-9(2,15)8-17-16-7-6(11)3-5(4-18(7)8)10(12,13)14/h3-4H,15H2,1-2H3. The minimum Gasteiger partial charge on any atom is -0.319 e. The van der Waals surface area contributed by atoms with Crippen molar-refractivity contribution >= 4 is 17.2 Å². The quantitative estimate of drug-likeness (QED) is 0.872. The van der Waals surface area contributed by atoms with E-state index in [2.05, 4.69) is 10.2 Å². The molecule has 18 heavy (non-hydrogen) atoms. The van der Waals surface area contributed by atoms with Gasteiger partial charge in [-0.2, -0.15) is 13.2 Å². The van der Waals surface area contributed by atoms with Gasteiger partial charge in [-0.3, -0.25) is 4.40 Å². The summed E-state index contributed by atoms with van der Waals surface area (Å²) >= 11 is 5.77. The molecule has 8 heteroatoms. The summed E-state index contributed by atoms with van der Waals surface area (Å²) in [5.74, 6) is 0.213. The lowest BCUT2D eigenvalue weighted by molar-refractivity contribution is -0.137. The molecule has 98 valence electrons. The first kappa shape index (κ1) is 13.1. The third kappa shape index (κ3) is 2.15. The van der Waals surface area contributed by atoms with Crippen LogP contribution in [0.25, 0.3) is 5.65 Å². The van der Waals surface area contributed by atoms with Gasteiger partial charge in [0.05, 0.1) is 16.1 Å². The summed E-state index contributed by atoms with van der Waals surface area (Å²) in [6.45, 7) is 3.25. The lowest BCUT2D eigenvalue weighted by Gasteiger charge is -2.16. The predicted octanol–water partition coefficient (Wildman–Crippen LogP) is 2.60. The third-order valence-corrected chi connectivity index (χ3v) is 2.64. The van der Waals surface area contributed by atoms with Crippen molar-refractivity contribution < 1.29 is 13.2 Å². The van der Waals surface area contributed by atoms with Gasteiger partial charge >= 0.3 is 6.18 Å². The number of hydrogen-bond acceptors (Lipinski definition) is 3. The molecule has 0 aromatic carbocycles. The van der Waals surface area contributed by atoms with Gasteiger partial charge in [-0.25, -0.2) is 0 Å². The average Bonchev–Trinajstić information content (AvgIpc) is 2.59. The van der Waals surface area contributed by atoms with E-state index in [1.54, 1.807) is 13.8 Å². The Morgan fingerprint density at radius 3 is 2.39 bits per heavy atom. The molecule has 0 spiro atoms. The van der Waals surface area contributed by atoms with E-state index in [1.165, 1.54) is 4.40 Å². The molecule has 4 nitrogen and oxygen atoms in total. The first-order chi connectivity index (χ1) is 8.10. The number of halogens is 4. The highest BCUT2D eigenvalue weighted by Gasteiger charge is 2.33. The van der Waals surface area contributed by atoms with E-state index in [1.807, 2.05) is 0 Å². The molecule has 0 amide bonds. The zero-order chi connectivity index (χ0) is 13.7. The van der Waals surface area contributed by atoms with Crippen molar-refractivity contribution in [2.45, 2.75) is 25.6 Å². The zero-order valence-corrected chi connectivity index (χ0v) is 10.3. The fraction of sp³-hybridized carbons (Fsp3) is 0.400. The van der Waals surface area contributed by atoms with E-state index in [-0.39, 0.29) is 16.5 Å². The van der Waals surface area contributed by atoms with Crippen LogP contribution in [-0.2, 0) is 11.7 Å². The number of hydrogen-bond donors (Lipinski definition) is 1. The lowest BCUT2D eigenvalue weighted by Crippen LogP contribution is -2.31. The molecule has 0 saturated carbocycles. The number of aromatic nitrogens is 3. The second-order valence-corrected chi connectivity index (χ2v) is 4.92. The topological polar surface area (TPSA) is 56.2 Å². The largest absolute Gasteiger partial charge is 0.417 e. The molecular weight excluding hydrogens is 269 g/mol. The van der Waals surface area contributed by atoms with Gasteiger partial charge in [0, 0.05) is 6.20 Å². The maximum atomic E-state index is 12.7. The molecule has 2 rings (SSSR count). The van der Waals surface area contributed by atoms with Crippen LogP contribution in [0.1, 0.15) is 25.2 Å². The van der Waals surface area contributed by atoms with Gasteiger partial charge in [-0.05, 0) is 19.9 Å². The van der Waals surface area contributed by atoms with Gasteiger partial charge in [0.2, 0.25) is 0 Å². The van der Waals surface area contributed by atoms with E-state index >= 15 is 0 Å². The van der Waals surface area contributed by atoms with Crippen molar-refractivity contribution in [2.75, 3.05) is 0 Å². The number of rotatable bonds is 1. The molecule has 0 radical (unpaired) electrons. The summed E-state index contributed by atoms with van der Waals surface area (Å²) in [5.41, 5.74) is 4.19. The Labute approximate surface area is 106 Å². The van der Waals surface area contributed by atoms with E-state index in [9.17, 15) is 13.2 Å². The Kier molecular flexibility index (Phi) is 2.78. The molecule has 0 fully saturated rings. The van der Waals surface area contributed by atoms with E-state index in [0.29, 0.717) is 0 Å². The van der Waals surface area contributed by atoms with E-state index in [0.717, 1.165) is 12.3 Å². The molecule has 2 N–H and O–H groups in total.